The van der Waals surface area contributed by atoms with Crippen molar-refractivity contribution in [3.05, 3.63) is 52.1 Å². The molecule has 1 aromatic carbocycles. The molecule has 0 bridgehead atoms. The van der Waals surface area contributed by atoms with Crippen LogP contribution in [0.4, 0.5) is 4.39 Å². The van der Waals surface area contributed by atoms with Gasteiger partial charge in [-0.25, -0.2) is 4.39 Å². The zero-order valence-electron chi connectivity index (χ0n) is 13.0. The van der Waals surface area contributed by atoms with E-state index in [1.807, 2.05) is 13.0 Å². The van der Waals surface area contributed by atoms with Crippen LogP contribution in [0.5, 0.6) is 0 Å². The fourth-order valence-electron chi connectivity index (χ4n) is 3.06. The van der Waals surface area contributed by atoms with Gasteiger partial charge in [0.25, 0.3) is 0 Å². The Morgan fingerprint density at radius 1 is 1.52 bits per heavy atom. The molecule has 1 aromatic heterocycles. The molecule has 1 aliphatic rings. The number of aromatic nitrogens is 2. The smallest absolute Gasteiger partial charge is 0.227 e. The van der Waals surface area contributed by atoms with E-state index >= 15 is 0 Å². The zero-order chi connectivity index (χ0) is 16.4. The van der Waals surface area contributed by atoms with Crippen LogP contribution >= 0.6 is 11.6 Å². The molecule has 4 nitrogen and oxygen atoms in total. The standard InChI is InChI=1S/C17H19ClFN3O/c1-11-8-16(21-20-11)12-4-3-7-22(10-12)17(23)9-13-14(18)5-2-6-15(13)19/h2,5-6,8,12H,3-4,7,9-10H2,1H3,(H,20,21)/t12-/m1/s1. The summed E-state index contributed by atoms with van der Waals surface area (Å²) in [6.45, 7) is 3.28. The molecule has 3 rings (SSSR count). The molecule has 0 aliphatic carbocycles. The number of H-pyrrole nitrogens is 1. The maximum Gasteiger partial charge on any atom is 0.227 e. The highest BCUT2D eigenvalue weighted by molar-refractivity contribution is 6.31. The van der Waals surface area contributed by atoms with E-state index in [4.69, 9.17) is 11.6 Å². The van der Waals surface area contributed by atoms with Crippen LogP contribution in [0.25, 0.3) is 0 Å². The Hall–Kier alpha value is -1.88. The molecule has 0 spiro atoms. The third kappa shape index (κ3) is 3.55. The predicted octanol–water partition coefficient (Wildman–Crippen LogP) is 3.46. The first-order valence-corrected chi connectivity index (χ1v) is 8.15. The fourth-order valence-corrected chi connectivity index (χ4v) is 3.29. The van der Waals surface area contributed by atoms with Crippen molar-refractivity contribution in [1.82, 2.24) is 15.1 Å². The summed E-state index contributed by atoms with van der Waals surface area (Å²) in [6.07, 6.45) is 1.93. The molecule has 0 radical (unpaired) electrons. The minimum Gasteiger partial charge on any atom is -0.342 e. The number of carbonyl (C=O) groups excluding carboxylic acids is 1. The van der Waals surface area contributed by atoms with Gasteiger partial charge in [0.05, 0.1) is 12.1 Å². The number of carbonyl (C=O) groups is 1. The van der Waals surface area contributed by atoms with Crippen LogP contribution in [0, 0.1) is 12.7 Å². The van der Waals surface area contributed by atoms with Gasteiger partial charge in [-0.15, -0.1) is 0 Å². The molecule has 6 heteroatoms. The van der Waals surface area contributed by atoms with Gasteiger partial charge in [-0.1, -0.05) is 17.7 Å². The van der Waals surface area contributed by atoms with E-state index in [0.29, 0.717) is 18.1 Å². The molecule has 1 atom stereocenters. The van der Waals surface area contributed by atoms with Crippen molar-refractivity contribution >= 4 is 17.5 Å². The normalized spacial score (nSPS) is 18.2. The SMILES string of the molecule is Cc1cc([C@@H]2CCCN(C(=O)Cc3c(F)cccc3Cl)C2)n[nH]1. The molecular formula is C17H19ClFN3O. The van der Waals surface area contributed by atoms with E-state index in [1.165, 1.54) is 6.07 Å². The Balaban J connectivity index is 1.70. The average molecular weight is 336 g/mol. The molecule has 23 heavy (non-hydrogen) atoms. The summed E-state index contributed by atoms with van der Waals surface area (Å²) < 4.78 is 13.9. The Morgan fingerprint density at radius 2 is 2.35 bits per heavy atom. The molecule has 0 unspecified atom stereocenters. The van der Waals surface area contributed by atoms with Gasteiger partial charge >= 0.3 is 0 Å². The summed E-state index contributed by atoms with van der Waals surface area (Å²) in [6, 6.07) is 6.51. The molecule has 2 aromatic rings. The Bertz CT molecular complexity index is 695. The fraction of sp³-hybridized carbons (Fsp3) is 0.412. The van der Waals surface area contributed by atoms with Crippen LogP contribution in [0.3, 0.4) is 0 Å². The summed E-state index contributed by atoms with van der Waals surface area (Å²) in [4.78, 5) is 14.3. The Kier molecular flexibility index (Phi) is 4.66. The van der Waals surface area contributed by atoms with Gasteiger partial charge < -0.3 is 4.90 Å². The Morgan fingerprint density at radius 3 is 3.04 bits per heavy atom. The lowest BCUT2D eigenvalue weighted by Gasteiger charge is -2.32. The van der Waals surface area contributed by atoms with Crippen LogP contribution in [0.1, 0.15) is 35.7 Å². The number of likely N-dealkylation sites (tertiary alicyclic amines) is 1. The minimum atomic E-state index is -0.428. The number of hydrogen-bond donors (Lipinski definition) is 1. The van der Waals surface area contributed by atoms with E-state index in [1.54, 1.807) is 17.0 Å². The minimum absolute atomic E-state index is 0.00216. The molecule has 1 aliphatic heterocycles. The number of aryl methyl sites for hydroxylation is 1. The number of halogens is 2. The van der Waals surface area contributed by atoms with Crippen molar-refractivity contribution in [1.29, 1.82) is 0 Å². The molecule has 1 amide bonds. The topological polar surface area (TPSA) is 49.0 Å². The average Bonchev–Trinajstić information content (AvgIpc) is 2.97. The number of aromatic amines is 1. The highest BCUT2D eigenvalue weighted by Gasteiger charge is 2.27. The van der Waals surface area contributed by atoms with Crippen molar-refractivity contribution in [3.63, 3.8) is 0 Å². The van der Waals surface area contributed by atoms with Gasteiger partial charge in [0, 0.05) is 35.3 Å². The molecular weight excluding hydrogens is 317 g/mol. The maximum atomic E-state index is 13.9. The van der Waals surface area contributed by atoms with Crippen molar-refractivity contribution in [2.24, 2.45) is 0 Å². The lowest BCUT2D eigenvalue weighted by molar-refractivity contribution is -0.131. The van der Waals surface area contributed by atoms with E-state index in [2.05, 4.69) is 10.2 Å². The highest BCUT2D eigenvalue weighted by Crippen LogP contribution is 2.27. The molecule has 2 heterocycles. The summed E-state index contributed by atoms with van der Waals surface area (Å²) in [5.74, 6) is -0.287. The molecule has 122 valence electrons. The van der Waals surface area contributed by atoms with Crippen LogP contribution in [-0.4, -0.2) is 34.1 Å². The van der Waals surface area contributed by atoms with Gasteiger partial charge in [-0.05, 0) is 38.0 Å². The predicted molar refractivity (Wildman–Crippen MR) is 87.0 cm³/mol. The Labute approximate surface area is 139 Å². The summed E-state index contributed by atoms with van der Waals surface area (Å²) in [5, 5.41) is 7.55. The van der Waals surface area contributed by atoms with Crippen molar-refractivity contribution in [2.45, 2.75) is 32.1 Å². The number of amides is 1. The second kappa shape index (κ2) is 6.71. The molecule has 0 saturated carbocycles. The monoisotopic (exact) mass is 335 g/mol. The third-order valence-corrected chi connectivity index (χ3v) is 4.66. The molecule has 1 N–H and O–H groups in total. The van der Waals surface area contributed by atoms with Crippen molar-refractivity contribution in [3.8, 4) is 0 Å². The number of piperidine rings is 1. The quantitative estimate of drug-likeness (QED) is 0.933. The van der Waals surface area contributed by atoms with Gasteiger partial charge in [0.15, 0.2) is 0 Å². The second-order valence-corrected chi connectivity index (χ2v) is 6.44. The summed E-state index contributed by atoms with van der Waals surface area (Å²) in [5.41, 5.74) is 2.28. The highest BCUT2D eigenvalue weighted by atomic mass is 35.5. The van der Waals surface area contributed by atoms with Gasteiger partial charge in [-0.2, -0.15) is 5.10 Å². The first-order valence-electron chi connectivity index (χ1n) is 7.77. The number of nitrogens with one attached hydrogen (secondary N) is 1. The largest absolute Gasteiger partial charge is 0.342 e. The van der Waals surface area contributed by atoms with Crippen molar-refractivity contribution in [2.75, 3.05) is 13.1 Å². The first-order chi connectivity index (χ1) is 11.0. The number of rotatable bonds is 3. The van der Waals surface area contributed by atoms with E-state index in [-0.39, 0.29) is 23.8 Å². The number of nitrogens with zero attached hydrogens (tertiary/aromatic N) is 2. The summed E-state index contributed by atoms with van der Waals surface area (Å²) >= 11 is 6.01. The number of benzene rings is 1. The summed E-state index contributed by atoms with van der Waals surface area (Å²) in [7, 11) is 0. The van der Waals surface area contributed by atoms with Crippen LogP contribution in [0.15, 0.2) is 24.3 Å². The second-order valence-electron chi connectivity index (χ2n) is 6.03. The van der Waals surface area contributed by atoms with Gasteiger partial charge in [-0.3, -0.25) is 9.89 Å². The zero-order valence-corrected chi connectivity index (χ0v) is 13.7. The van der Waals surface area contributed by atoms with Gasteiger partial charge in [0.2, 0.25) is 5.91 Å². The number of hydrogen-bond acceptors (Lipinski definition) is 2. The molecule has 1 saturated heterocycles. The van der Waals surface area contributed by atoms with Crippen LogP contribution in [-0.2, 0) is 11.2 Å². The van der Waals surface area contributed by atoms with E-state index in [0.717, 1.165) is 24.2 Å². The van der Waals surface area contributed by atoms with Crippen molar-refractivity contribution < 1.29 is 9.18 Å². The maximum absolute atomic E-state index is 13.9. The van der Waals surface area contributed by atoms with Crippen LogP contribution < -0.4 is 0 Å². The lowest BCUT2D eigenvalue weighted by Crippen LogP contribution is -2.40. The molecule has 1 fully saturated rings. The van der Waals surface area contributed by atoms with E-state index < -0.39 is 5.82 Å². The van der Waals surface area contributed by atoms with Gasteiger partial charge in [0.1, 0.15) is 5.82 Å². The third-order valence-electron chi connectivity index (χ3n) is 4.31. The van der Waals surface area contributed by atoms with E-state index in [9.17, 15) is 9.18 Å². The lowest BCUT2D eigenvalue weighted by atomic mass is 9.94. The first kappa shape index (κ1) is 16.0. The van der Waals surface area contributed by atoms with Crippen LogP contribution in [0.2, 0.25) is 5.02 Å².